The Morgan fingerprint density at radius 1 is 1.25 bits per heavy atom. The zero-order valence-electron chi connectivity index (χ0n) is 9.71. The molecular weight excluding hydrogens is 228 g/mol. The summed E-state index contributed by atoms with van der Waals surface area (Å²) < 4.78 is 25.9. The van der Waals surface area contributed by atoms with E-state index >= 15 is 0 Å². The van der Waals surface area contributed by atoms with Crippen LogP contribution in [0.4, 0.5) is 0 Å². The number of aryl methyl sites for hydroxylation is 1. The summed E-state index contributed by atoms with van der Waals surface area (Å²) in [5, 5.41) is 8.86. The molecule has 0 aliphatic rings. The molecule has 4 nitrogen and oxygen atoms in total. The van der Waals surface area contributed by atoms with Crippen LogP contribution in [0.2, 0.25) is 0 Å². The highest BCUT2D eigenvalue weighted by Crippen LogP contribution is 2.14. The zero-order valence-corrected chi connectivity index (χ0v) is 10.5. The van der Waals surface area contributed by atoms with Gasteiger partial charge in [-0.15, -0.1) is 0 Å². The molecule has 0 heterocycles. The average Bonchev–Trinajstić information content (AvgIpc) is 2.15. The minimum Gasteiger partial charge on any atom is -0.396 e. The van der Waals surface area contributed by atoms with Crippen LogP contribution in [0.5, 0.6) is 0 Å². The van der Waals surface area contributed by atoms with Gasteiger partial charge in [-0.05, 0) is 12.5 Å². The van der Waals surface area contributed by atoms with E-state index < -0.39 is 10.1 Å². The van der Waals surface area contributed by atoms with E-state index in [1.807, 2.05) is 6.92 Å². The van der Waals surface area contributed by atoms with Crippen molar-refractivity contribution in [3.8, 4) is 0 Å². The molecule has 1 unspecified atom stereocenters. The number of hydrogen-bond donors (Lipinski definition) is 2. The number of aliphatic hydroxyl groups is 1. The molecule has 0 radical (unpaired) electrons. The lowest BCUT2D eigenvalue weighted by molar-refractivity contribution is 0.273. The van der Waals surface area contributed by atoms with Gasteiger partial charge >= 0.3 is 0 Å². The van der Waals surface area contributed by atoms with Crippen LogP contribution in [-0.4, -0.2) is 30.9 Å². The predicted molar refractivity (Wildman–Crippen MR) is 64.2 cm³/mol. The summed E-state index contributed by atoms with van der Waals surface area (Å²) in [6.45, 7) is 4.31. The van der Waals surface area contributed by atoms with E-state index in [0.29, 0.717) is 6.26 Å². The molecule has 0 aliphatic carbocycles. The van der Waals surface area contributed by atoms with E-state index in [-0.39, 0.29) is 12.5 Å². The minimum absolute atomic E-state index is 0.225. The normalized spacial score (nSPS) is 12.6. The molecule has 5 heteroatoms. The van der Waals surface area contributed by atoms with Gasteiger partial charge in [0, 0.05) is 12.5 Å². The van der Waals surface area contributed by atoms with Gasteiger partial charge in [0.05, 0.1) is 6.26 Å². The van der Waals surface area contributed by atoms with E-state index in [9.17, 15) is 8.42 Å². The molecule has 0 fully saturated rings. The van der Waals surface area contributed by atoms with E-state index in [4.69, 9.17) is 9.66 Å². The molecule has 1 rings (SSSR count). The second-order valence-electron chi connectivity index (χ2n) is 3.73. The van der Waals surface area contributed by atoms with Crippen LogP contribution in [-0.2, 0) is 10.1 Å². The first-order valence-corrected chi connectivity index (χ1v) is 6.68. The van der Waals surface area contributed by atoms with Crippen molar-refractivity contribution in [2.45, 2.75) is 19.8 Å². The molecule has 92 valence electrons. The van der Waals surface area contributed by atoms with Crippen LogP contribution in [0.25, 0.3) is 0 Å². The molecule has 1 atom stereocenters. The van der Waals surface area contributed by atoms with Crippen molar-refractivity contribution >= 4 is 10.1 Å². The second-order valence-corrected chi connectivity index (χ2v) is 5.19. The molecule has 1 aromatic carbocycles. The zero-order chi connectivity index (χ0) is 12.8. The monoisotopic (exact) mass is 246 g/mol. The number of rotatable bonds is 2. The van der Waals surface area contributed by atoms with Crippen LogP contribution in [0.1, 0.15) is 24.0 Å². The fourth-order valence-corrected chi connectivity index (χ4v) is 1.00. The fraction of sp³-hybridized carbons (Fsp3) is 0.455. The summed E-state index contributed by atoms with van der Waals surface area (Å²) in [7, 11) is -3.67. The second kappa shape index (κ2) is 6.62. The Hall–Kier alpha value is -0.910. The van der Waals surface area contributed by atoms with Crippen LogP contribution in [0.15, 0.2) is 24.3 Å². The van der Waals surface area contributed by atoms with Gasteiger partial charge in [-0.1, -0.05) is 36.8 Å². The molecule has 1 aromatic rings. The summed E-state index contributed by atoms with van der Waals surface area (Å²) >= 11 is 0. The van der Waals surface area contributed by atoms with Crippen molar-refractivity contribution in [3.63, 3.8) is 0 Å². The van der Waals surface area contributed by atoms with Crippen molar-refractivity contribution in [2.75, 3.05) is 12.9 Å². The van der Waals surface area contributed by atoms with Gasteiger partial charge in [-0.3, -0.25) is 4.55 Å². The maximum atomic E-state index is 9.19. The van der Waals surface area contributed by atoms with Crippen molar-refractivity contribution in [1.82, 2.24) is 0 Å². The SMILES string of the molecule is CS(=O)(=O)O.Cc1ccc(C(C)CO)cc1. The fourth-order valence-electron chi connectivity index (χ4n) is 1.00. The van der Waals surface area contributed by atoms with Crippen LogP contribution in [0, 0.1) is 6.92 Å². The predicted octanol–water partition coefficient (Wildman–Crippen LogP) is 1.59. The molecular formula is C11H18O4S. The standard InChI is InChI=1S/C10H14O.CH4O3S/c1-8-3-5-10(6-4-8)9(2)7-11;1-5(2,3)4/h3-6,9,11H,7H2,1-2H3;1H3,(H,2,3,4). The number of aliphatic hydroxyl groups excluding tert-OH is 1. The summed E-state index contributed by atoms with van der Waals surface area (Å²) in [5.74, 6) is 0.260. The first kappa shape index (κ1) is 15.1. The van der Waals surface area contributed by atoms with Gasteiger partial charge in [-0.25, -0.2) is 0 Å². The minimum atomic E-state index is -3.67. The van der Waals surface area contributed by atoms with E-state index in [0.717, 1.165) is 0 Å². The van der Waals surface area contributed by atoms with Crippen molar-refractivity contribution in [3.05, 3.63) is 35.4 Å². The molecule has 0 saturated carbocycles. The first-order chi connectivity index (χ1) is 7.24. The lowest BCUT2D eigenvalue weighted by Crippen LogP contribution is -1.97. The third-order valence-electron chi connectivity index (χ3n) is 1.92. The molecule has 0 spiro atoms. The van der Waals surface area contributed by atoms with Gasteiger partial charge in [0.2, 0.25) is 0 Å². The Bertz CT molecular complexity index is 386. The first-order valence-electron chi connectivity index (χ1n) is 4.84. The average molecular weight is 246 g/mol. The van der Waals surface area contributed by atoms with Gasteiger partial charge in [0.25, 0.3) is 10.1 Å². The number of hydrogen-bond acceptors (Lipinski definition) is 3. The molecule has 0 amide bonds. The van der Waals surface area contributed by atoms with E-state index in [1.165, 1.54) is 11.1 Å². The lowest BCUT2D eigenvalue weighted by atomic mass is 10.0. The summed E-state index contributed by atoms with van der Waals surface area (Å²) in [4.78, 5) is 0. The summed E-state index contributed by atoms with van der Waals surface area (Å²) in [5.41, 5.74) is 2.47. The van der Waals surface area contributed by atoms with E-state index in [1.54, 1.807) is 0 Å². The van der Waals surface area contributed by atoms with Gasteiger partial charge < -0.3 is 5.11 Å². The summed E-state index contributed by atoms with van der Waals surface area (Å²) in [6, 6.07) is 8.27. The maximum Gasteiger partial charge on any atom is 0.261 e. The van der Waals surface area contributed by atoms with Crippen molar-refractivity contribution < 1.29 is 18.1 Å². The Kier molecular flexibility index (Phi) is 6.25. The van der Waals surface area contributed by atoms with Gasteiger partial charge in [0.1, 0.15) is 0 Å². The van der Waals surface area contributed by atoms with Crippen molar-refractivity contribution in [2.24, 2.45) is 0 Å². The van der Waals surface area contributed by atoms with Crippen molar-refractivity contribution in [1.29, 1.82) is 0 Å². The molecule has 0 saturated heterocycles. The third kappa shape index (κ3) is 8.40. The molecule has 0 aromatic heterocycles. The maximum absolute atomic E-state index is 9.19. The Morgan fingerprint density at radius 2 is 1.62 bits per heavy atom. The highest BCUT2D eigenvalue weighted by atomic mass is 32.2. The Balaban J connectivity index is 0.000000385. The summed E-state index contributed by atoms with van der Waals surface area (Å²) in [6.07, 6.45) is 0.715. The Morgan fingerprint density at radius 3 is 1.94 bits per heavy atom. The molecule has 16 heavy (non-hydrogen) atoms. The highest BCUT2D eigenvalue weighted by molar-refractivity contribution is 7.85. The molecule has 2 N–H and O–H groups in total. The van der Waals surface area contributed by atoms with Crippen LogP contribution in [0.3, 0.4) is 0 Å². The lowest BCUT2D eigenvalue weighted by Gasteiger charge is -2.07. The third-order valence-corrected chi connectivity index (χ3v) is 1.92. The smallest absolute Gasteiger partial charge is 0.261 e. The van der Waals surface area contributed by atoms with Gasteiger partial charge in [-0.2, -0.15) is 8.42 Å². The molecule has 0 aliphatic heterocycles. The topological polar surface area (TPSA) is 74.6 Å². The van der Waals surface area contributed by atoms with E-state index in [2.05, 4.69) is 31.2 Å². The molecule has 0 bridgehead atoms. The van der Waals surface area contributed by atoms with Gasteiger partial charge in [0.15, 0.2) is 0 Å². The Labute approximate surface area is 96.7 Å². The van der Waals surface area contributed by atoms with Crippen LogP contribution >= 0.6 is 0 Å². The number of benzene rings is 1. The quantitative estimate of drug-likeness (QED) is 0.777. The van der Waals surface area contributed by atoms with Crippen LogP contribution < -0.4 is 0 Å². The largest absolute Gasteiger partial charge is 0.396 e. The highest BCUT2D eigenvalue weighted by Gasteiger charge is 2.01.